The molecule has 1 fully saturated rings. The van der Waals surface area contributed by atoms with Crippen molar-refractivity contribution in [3.63, 3.8) is 0 Å². The van der Waals surface area contributed by atoms with E-state index in [2.05, 4.69) is 17.1 Å². The molecule has 1 saturated carbocycles. The van der Waals surface area contributed by atoms with Gasteiger partial charge in [0, 0.05) is 23.2 Å². The van der Waals surface area contributed by atoms with E-state index in [0.717, 1.165) is 17.3 Å². The molecule has 0 aliphatic heterocycles. The molecule has 1 aromatic carbocycles. The Bertz CT molecular complexity index is 474. The fraction of sp³-hybridized carbons (Fsp3) is 0.562. The van der Waals surface area contributed by atoms with Gasteiger partial charge in [0.15, 0.2) is 5.11 Å². The number of rotatable bonds is 5. The van der Waals surface area contributed by atoms with Crippen LogP contribution in [-0.4, -0.2) is 28.4 Å². The van der Waals surface area contributed by atoms with Crippen molar-refractivity contribution in [3.8, 4) is 0 Å². The van der Waals surface area contributed by atoms with Crippen molar-refractivity contribution in [2.45, 2.75) is 55.7 Å². The normalized spacial score (nSPS) is 15.8. The molecule has 22 heavy (non-hydrogen) atoms. The fourth-order valence-corrected chi connectivity index (χ4v) is 3.77. The maximum atomic E-state index is 12.3. The summed E-state index contributed by atoms with van der Waals surface area (Å²) < 4.78 is 24.6. The van der Waals surface area contributed by atoms with Crippen LogP contribution < -0.4 is 5.32 Å². The summed E-state index contributed by atoms with van der Waals surface area (Å²) in [5.74, 6) is -2.39. The van der Waals surface area contributed by atoms with Crippen molar-refractivity contribution in [1.82, 2.24) is 4.90 Å². The van der Waals surface area contributed by atoms with Gasteiger partial charge < -0.3 is 10.2 Å². The molecule has 0 bridgehead atoms. The van der Waals surface area contributed by atoms with Gasteiger partial charge >= 0.3 is 0 Å². The summed E-state index contributed by atoms with van der Waals surface area (Å²) in [5, 5.41) is 3.96. The van der Waals surface area contributed by atoms with Gasteiger partial charge in [-0.3, -0.25) is 0 Å². The molecule has 0 amide bonds. The monoisotopic (exact) mass is 344 g/mol. The van der Waals surface area contributed by atoms with Crippen LogP contribution >= 0.6 is 24.0 Å². The van der Waals surface area contributed by atoms with Crippen LogP contribution in [0.3, 0.4) is 0 Å². The minimum atomic E-state index is -2.39. The molecule has 6 heteroatoms. The third kappa shape index (κ3) is 5.09. The Morgan fingerprint density at radius 3 is 2.45 bits per heavy atom. The Kier molecular flexibility index (Phi) is 6.89. The zero-order valence-electron chi connectivity index (χ0n) is 12.7. The molecule has 1 aromatic rings. The van der Waals surface area contributed by atoms with Crippen LogP contribution in [-0.2, 0) is 0 Å². The van der Waals surface area contributed by atoms with Crippen LogP contribution in [0.5, 0.6) is 0 Å². The van der Waals surface area contributed by atoms with Gasteiger partial charge in [0.05, 0.1) is 0 Å². The second kappa shape index (κ2) is 8.67. The van der Waals surface area contributed by atoms with Gasteiger partial charge in [0.1, 0.15) is 0 Å². The lowest BCUT2D eigenvalue weighted by Gasteiger charge is -2.35. The van der Waals surface area contributed by atoms with Gasteiger partial charge in [-0.25, -0.2) is 0 Å². The number of nitrogens with one attached hydrogen (secondary N) is 1. The van der Waals surface area contributed by atoms with Gasteiger partial charge in [0.2, 0.25) is 0 Å². The highest BCUT2D eigenvalue weighted by Crippen LogP contribution is 2.27. The average molecular weight is 344 g/mol. The lowest BCUT2D eigenvalue weighted by Crippen LogP contribution is -2.43. The number of nitrogens with zero attached hydrogens (tertiary/aromatic N) is 1. The molecule has 2 rings (SSSR count). The summed E-state index contributed by atoms with van der Waals surface area (Å²) in [5.41, 5.74) is 0.845. The Hall–Kier alpha value is -0.880. The first kappa shape index (κ1) is 17.5. The van der Waals surface area contributed by atoms with E-state index in [-0.39, 0.29) is 0 Å². The van der Waals surface area contributed by atoms with Crippen LogP contribution in [0.4, 0.5) is 14.5 Å². The van der Waals surface area contributed by atoms with Crippen molar-refractivity contribution >= 4 is 34.8 Å². The predicted octanol–water partition coefficient (Wildman–Crippen LogP) is 5.35. The summed E-state index contributed by atoms with van der Waals surface area (Å²) >= 11 is 6.09. The second-order valence-electron chi connectivity index (χ2n) is 5.41. The lowest BCUT2D eigenvalue weighted by atomic mass is 9.94. The third-order valence-corrected chi connectivity index (χ3v) is 5.01. The van der Waals surface area contributed by atoms with Crippen LogP contribution in [0.2, 0.25) is 0 Å². The molecule has 1 aliphatic carbocycles. The largest absolute Gasteiger partial charge is 0.346 e. The van der Waals surface area contributed by atoms with Gasteiger partial charge in [-0.15, -0.1) is 0 Å². The smallest absolute Gasteiger partial charge is 0.288 e. The first-order chi connectivity index (χ1) is 10.6. The van der Waals surface area contributed by atoms with E-state index in [4.69, 9.17) is 12.2 Å². The summed E-state index contributed by atoms with van der Waals surface area (Å²) in [6.45, 7) is 3.00. The summed E-state index contributed by atoms with van der Waals surface area (Å²) in [6, 6.07) is 7.50. The van der Waals surface area contributed by atoms with Crippen molar-refractivity contribution in [1.29, 1.82) is 0 Å². The van der Waals surface area contributed by atoms with E-state index in [9.17, 15) is 8.78 Å². The number of benzene rings is 1. The van der Waals surface area contributed by atoms with Gasteiger partial charge in [-0.05, 0) is 56.2 Å². The quantitative estimate of drug-likeness (QED) is 0.571. The number of anilines is 1. The number of thiocarbonyl (C=S) groups is 1. The SMILES string of the molecule is CCN(C(=S)Nc1ccc(SC(F)F)cc1)C1CCCCC1. The molecule has 1 aliphatic rings. The number of hydrogen-bond acceptors (Lipinski definition) is 2. The van der Waals surface area contributed by atoms with Gasteiger partial charge in [-0.1, -0.05) is 31.0 Å². The van der Waals surface area contributed by atoms with Gasteiger partial charge in [0.25, 0.3) is 5.76 Å². The van der Waals surface area contributed by atoms with Crippen molar-refractivity contribution in [2.24, 2.45) is 0 Å². The molecule has 1 N–H and O–H groups in total. The van der Waals surface area contributed by atoms with E-state index in [1.807, 2.05) is 0 Å². The van der Waals surface area contributed by atoms with E-state index in [0.29, 0.717) is 22.7 Å². The third-order valence-electron chi connectivity index (χ3n) is 3.95. The number of halogens is 2. The molecule has 0 unspecified atom stereocenters. The Balaban J connectivity index is 1.94. The van der Waals surface area contributed by atoms with E-state index >= 15 is 0 Å². The molecular weight excluding hydrogens is 322 g/mol. The molecule has 0 heterocycles. The molecule has 0 aromatic heterocycles. The molecule has 0 radical (unpaired) electrons. The molecular formula is C16H22F2N2S2. The van der Waals surface area contributed by atoms with Crippen LogP contribution in [0, 0.1) is 0 Å². The summed E-state index contributed by atoms with van der Waals surface area (Å²) in [4.78, 5) is 2.81. The highest BCUT2D eigenvalue weighted by atomic mass is 32.2. The first-order valence-electron chi connectivity index (χ1n) is 7.72. The zero-order chi connectivity index (χ0) is 15.9. The molecule has 0 spiro atoms. The van der Waals surface area contributed by atoms with E-state index in [1.54, 1.807) is 24.3 Å². The molecule has 122 valence electrons. The highest BCUT2D eigenvalue weighted by molar-refractivity contribution is 7.99. The predicted molar refractivity (Wildman–Crippen MR) is 93.8 cm³/mol. The van der Waals surface area contributed by atoms with Crippen molar-refractivity contribution in [2.75, 3.05) is 11.9 Å². The number of thioether (sulfide) groups is 1. The standard InChI is InChI=1S/C16H22F2N2S2/c1-2-20(13-6-4-3-5-7-13)16(21)19-12-8-10-14(11-9-12)22-15(17)18/h8-11,13,15H,2-7H2,1H3,(H,19,21). The lowest BCUT2D eigenvalue weighted by molar-refractivity contribution is 0.252. The van der Waals surface area contributed by atoms with Crippen LogP contribution in [0.15, 0.2) is 29.2 Å². The van der Waals surface area contributed by atoms with Gasteiger partial charge in [-0.2, -0.15) is 8.78 Å². The Morgan fingerprint density at radius 2 is 1.91 bits per heavy atom. The van der Waals surface area contributed by atoms with Crippen molar-refractivity contribution in [3.05, 3.63) is 24.3 Å². The number of alkyl halides is 2. The highest BCUT2D eigenvalue weighted by Gasteiger charge is 2.21. The zero-order valence-corrected chi connectivity index (χ0v) is 14.4. The molecule has 2 nitrogen and oxygen atoms in total. The number of hydrogen-bond donors (Lipinski definition) is 1. The first-order valence-corrected chi connectivity index (χ1v) is 9.01. The van der Waals surface area contributed by atoms with E-state index < -0.39 is 5.76 Å². The summed E-state index contributed by atoms with van der Waals surface area (Å²) in [6.07, 6.45) is 6.24. The maximum Gasteiger partial charge on any atom is 0.288 e. The molecule has 0 saturated heterocycles. The molecule has 0 atom stereocenters. The Labute approximate surface area is 140 Å². The Morgan fingerprint density at radius 1 is 1.27 bits per heavy atom. The topological polar surface area (TPSA) is 15.3 Å². The minimum Gasteiger partial charge on any atom is -0.346 e. The van der Waals surface area contributed by atoms with E-state index in [1.165, 1.54) is 32.1 Å². The second-order valence-corrected chi connectivity index (χ2v) is 6.86. The summed E-state index contributed by atoms with van der Waals surface area (Å²) in [7, 11) is 0. The minimum absolute atomic E-state index is 0.521. The maximum absolute atomic E-state index is 12.3. The fourth-order valence-electron chi connectivity index (χ4n) is 2.88. The van der Waals surface area contributed by atoms with Crippen LogP contribution in [0.1, 0.15) is 39.0 Å². The van der Waals surface area contributed by atoms with Crippen LogP contribution in [0.25, 0.3) is 0 Å². The van der Waals surface area contributed by atoms with Crippen molar-refractivity contribution < 1.29 is 8.78 Å². The average Bonchev–Trinajstić information content (AvgIpc) is 2.50.